The number of hydrogen-bond acceptors (Lipinski definition) is 5. The van der Waals surface area contributed by atoms with Crippen molar-refractivity contribution in [3.05, 3.63) is 53.5 Å². The second kappa shape index (κ2) is 8.15. The van der Waals surface area contributed by atoms with E-state index < -0.39 is 7.12 Å². The van der Waals surface area contributed by atoms with Crippen LogP contribution in [0.3, 0.4) is 0 Å². The molecule has 0 fully saturated rings. The van der Waals surface area contributed by atoms with Crippen molar-refractivity contribution in [2.45, 2.75) is 12.5 Å². The number of aliphatic hydroxyl groups excluding tert-OH is 1. The molecule has 2 rings (SSSR count). The molecule has 1 aliphatic rings. The molecule has 6 heteroatoms. The molecule has 0 amide bonds. The average molecular weight is 304 g/mol. The zero-order valence-electron chi connectivity index (χ0n) is 12.7. The second-order valence-corrected chi connectivity index (χ2v) is 5.05. The fraction of sp³-hybridized carbons (Fsp3) is 0.375. The van der Waals surface area contributed by atoms with Crippen molar-refractivity contribution in [1.29, 1.82) is 0 Å². The summed E-state index contributed by atoms with van der Waals surface area (Å²) < 4.78 is 16.1. The molecule has 1 atom stereocenters. The molecule has 0 aromatic heterocycles. The summed E-state index contributed by atoms with van der Waals surface area (Å²) in [6.07, 6.45) is 2.33. The van der Waals surface area contributed by atoms with Crippen LogP contribution in [0.25, 0.3) is 0 Å². The molecule has 1 aromatic carbocycles. The first-order chi connectivity index (χ1) is 10.7. The zero-order valence-corrected chi connectivity index (χ0v) is 12.7. The fourth-order valence-corrected chi connectivity index (χ4v) is 2.38. The molecule has 1 heterocycles. The van der Waals surface area contributed by atoms with Crippen molar-refractivity contribution in [3.8, 4) is 5.75 Å². The van der Waals surface area contributed by atoms with E-state index in [2.05, 4.69) is 6.58 Å². The Labute approximate surface area is 131 Å². The van der Waals surface area contributed by atoms with E-state index >= 15 is 0 Å². The van der Waals surface area contributed by atoms with Gasteiger partial charge in [-0.15, -0.1) is 0 Å². The number of hydrogen-bond donors (Lipinski definition) is 2. The van der Waals surface area contributed by atoms with Gasteiger partial charge in [-0.25, -0.2) is 0 Å². The van der Waals surface area contributed by atoms with Gasteiger partial charge < -0.3 is 24.3 Å². The van der Waals surface area contributed by atoms with E-state index in [0.29, 0.717) is 29.8 Å². The number of methoxy groups -OCH3 is 1. The summed E-state index contributed by atoms with van der Waals surface area (Å²) in [7, 11) is 0.575. The Balaban J connectivity index is 2.07. The Hall–Kier alpha value is -1.60. The quantitative estimate of drug-likeness (QED) is 0.750. The van der Waals surface area contributed by atoms with Gasteiger partial charge in [-0.1, -0.05) is 24.8 Å². The van der Waals surface area contributed by atoms with E-state index in [1.165, 1.54) is 0 Å². The van der Waals surface area contributed by atoms with Crippen LogP contribution in [0.4, 0.5) is 0 Å². The van der Waals surface area contributed by atoms with Gasteiger partial charge in [0.05, 0.1) is 19.3 Å². The molecule has 0 aliphatic carbocycles. The molecular formula is C16H21BO5. The maximum Gasteiger partial charge on any atom is 0.491 e. The van der Waals surface area contributed by atoms with Crippen LogP contribution in [0.15, 0.2) is 48.0 Å². The number of benzene rings is 1. The predicted molar refractivity (Wildman–Crippen MR) is 84.5 cm³/mol. The van der Waals surface area contributed by atoms with Gasteiger partial charge in [0.1, 0.15) is 12.4 Å². The lowest BCUT2D eigenvalue weighted by molar-refractivity contribution is 0.165. The largest absolute Gasteiger partial charge is 0.491 e. The topological polar surface area (TPSA) is 68.2 Å². The molecule has 22 heavy (non-hydrogen) atoms. The third-order valence-electron chi connectivity index (χ3n) is 3.43. The van der Waals surface area contributed by atoms with Gasteiger partial charge in [0.25, 0.3) is 0 Å². The summed E-state index contributed by atoms with van der Waals surface area (Å²) in [5.74, 6) is 0.670. The molecule has 0 saturated heterocycles. The molecule has 0 saturated carbocycles. The monoisotopic (exact) mass is 304 g/mol. The molecule has 0 unspecified atom stereocenters. The second-order valence-electron chi connectivity index (χ2n) is 5.05. The molecule has 1 aliphatic heterocycles. The third-order valence-corrected chi connectivity index (χ3v) is 3.43. The first-order valence-electron chi connectivity index (χ1n) is 7.20. The van der Waals surface area contributed by atoms with Crippen molar-refractivity contribution in [1.82, 2.24) is 0 Å². The highest BCUT2D eigenvalue weighted by molar-refractivity contribution is 6.54. The Morgan fingerprint density at radius 3 is 3.00 bits per heavy atom. The van der Waals surface area contributed by atoms with Crippen LogP contribution in [0, 0.1) is 0 Å². The third kappa shape index (κ3) is 4.21. The molecule has 1 aromatic rings. The van der Waals surface area contributed by atoms with Crippen LogP contribution < -0.4 is 4.74 Å². The summed E-state index contributed by atoms with van der Waals surface area (Å²) >= 11 is 0. The van der Waals surface area contributed by atoms with Crippen molar-refractivity contribution in [3.63, 3.8) is 0 Å². The van der Waals surface area contributed by atoms with Crippen LogP contribution >= 0.6 is 0 Å². The van der Waals surface area contributed by atoms with Gasteiger partial charge >= 0.3 is 7.12 Å². The minimum absolute atomic E-state index is 0.0312. The maximum absolute atomic E-state index is 10.1. The highest BCUT2D eigenvalue weighted by Crippen LogP contribution is 2.32. The number of rotatable bonds is 7. The van der Waals surface area contributed by atoms with Gasteiger partial charge in [0, 0.05) is 7.11 Å². The van der Waals surface area contributed by atoms with E-state index in [1.807, 2.05) is 30.3 Å². The zero-order chi connectivity index (χ0) is 15.9. The maximum atomic E-state index is 10.1. The Morgan fingerprint density at radius 1 is 1.50 bits per heavy atom. The first-order valence-corrected chi connectivity index (χ1v) is 7.20. The normalized spacial score (nSPS) is 18.0. The Kier molecular flexibility index (Phi) is 6.21. The van der Waals surface area contributed by atoms with Crippen molar-refractivity contribution in [2.24, 2.45) is 0 Å². The molecule has 2 N–H and O–H groups in total. The van der Waals surface area contributed by atoms with E-state index in [9.17, 15) is 5.02 Å². The highest BCUT2D eigenvalue weighted by Gasteiger charge is 2.30. The molecular weight excluding hydrogens is 283 g/mol. The summed E-state index contributed by atoms with van der Waals surface area (Å²) in [4.78, 5) is 0. The predicted octanol–water partition coefficient (Wildman–Crippen LogP) is 1.67. The van der Waals surface area contributed by atoms with Crippen LogP contribution in [-0.2, 0) is 9.39 Å². The minimum atomic E-state index is -1.01. The lowest BCUT2D eigenvalue weighted by Crippen LogP contribution is -2.29. The van der Waals surface area contributed by atoms with Crippen LogP contribution in [-0.4, -0.2) is 44.2 Å². The Bertz CT molecular complexity index is 543. The lowest BCUT2D eigenvalue weighted by atomic mass is 9.71. The summed E-state index contributed by atoms with van der Waals surface area (Å²) in [6, 6.07) is 7.46. The van der Waals surface area contributed by atoms with Gasteiger partial charge in [-0.3, -0.25) is 0 Å². The standard InChI is InChI=1S/C16H21BO5/c1-12(11-20-2)15-6-7-16(22-17(15)19)13-4-3-5-14(10-13)21-9-8-18/h3-6,10,16,18-19H,1,7-9,11H2,2H3/t16-/m0/s1. The van der Waals surface area contributed by atoms with Gasteiger partial charge in [-0.05, 0) is 35.2 Å². The summed E-state index contributed by atoms with van der Waals surface area (Å²) in [5.41, 5.74) is 2.31. The van der Waals surface area contributed by atoms with Gasteiger partial charge in [-0.2, -0.15) is 0 Å². The SMILES string of the molecule is C=C(COC)C1=CC[C@@H](c2cccc(OCCO)c2)OB1O. The molecule has 118 valence electrons. The van der Waals surface area contributed by atoms with Crippen LogP contribution in [0.1, 0.15) is 18.1 Å². The van der Waals surface area contributed by atoms with Gasteiger partial charge in [0.2, 0.25) is 0 Å². The molecule has 0 bridgehead atoms. The fourth-order valence-electron chi connectivity index (χ4n) is 2.38. The van der Waals surface area contributed by atoms with E-state index in [-0.39, 0.29) is 19.3 Å². The average Bonchev–Trinajstić information content (AvgIpc) is 2.53. The molecule has 5 nitrogen and oxygen atoms in total. The van der Waals surface area contributed by atoms with E-state index in [4.69, 9.17) is 19.2 Å². The highest BCUT2D eigenvalue weighted by atomic mass is 16.5. The van der Waals surface area contributed by atoms with E-state index in [0.717, 1.165) is 5.56 Å². The summed E-state index contributed by atoms with van der Waals surface area (Å²) in [6.45, 7) is 4.47. The number of aliphatic hydroxyl groups is 1. The molecule has 0 radical (unpaired) electrons. The van der Waals surface area contributed by atoms with Crippen molar-refractivity contribution >= 4 is 7.12 Å². The van der Waals surface area contributed by atoms with Crippen molar-refractivity contribution in [2.75, 3.05) is 26.9 Å². The van der Waals surface area contributed by atoms with Crippen LogP contribution in [0.2, 0.25) is 0 Å². The van der Waals surface area contributed by atoms with Gasteiger partial charge in [0.15, 0.2) is 0 Å². The lowest BCUT2D eigenvalue weighted by Gasteiger charge is -2.26. The van der Waals surface area contributed by atoms with Crippen LogP contribution in [0.5, 0.6) is 5.75 Å². The first kappa shape index (κ1) is 16.8. The smallest absolute Gasteiger partial charge is 0.491 e. The van der Waals surface area contributed by atoms with Crippen molar-refractivity contribution < 1.29 is 24.3 Å². The minimum Gasteiger partial charge on any atom is -0.491 e. The number of ether oxygens (including phenoxy) is 2. The molecule has 0 spiro atoms. The Morgan fingerprint density at radius 2 is 2.32 bits per heavy atom. The van der Waals surface area contributed by atoms with E-state index in [1.54, 1.807) is 7.11 Å². The summed E-state index contributed by atoms with van der Waals surface area (Å²) in [5, 5.41) is 18.9.